The molecule has 132 valence electrons. The highest BCUT2D eigenvalue weighted by atomic mass is 32.2. The van der Waals surface area contributed by atoms with Crippen molar-refractivity contribution < 1.29 is 19.1 Å². The summed E-state index contributed by atoms with van der Waals surface area (Å²) < 4.78 is 4.84. The Morgan fingerprint density at radius 1 is 1.21 bits per heavy atom. The maximum atomic E-state index is 11.6. The molecule has 0 bridgehead atoms. The lowest BCUT2D eigenvalue weighted by Crippen LogP contribution is -2.44. The van der Waals surface area contributed by atoms with Gasteiger partial charge in [0, 0.05) is 11.8 Å². The number of amides is 3. The Kier molecular flexibility index (Phi) is 8.93. The van der Waals surface area contributed by atoms with Gasteiger partial charge in [0.1, 0.15) is 0 Å². The fourth-order valence-electron chi connectivity index (χ4n) is 1.65. The van der Waals surface area contributed by atoms with Crippen LogP contribution in [-0.4, -0.2) is 36.3 Å². The van der Waals surface area contributed by atoms with Gasteiger partial charge in [-0.15, -0.1) is 11.8 Å². The highest BCUT2D eigenvalue weighted by Crippen LogP contribution is 2.13. The summed E-state index contributed by atoms with van der Waals surface area (Å²) in [6, 6.07) is 7.44. The van der Waals surface area contributed by atoms with Crippen molar-refractivity contribution in [2.24, 2.45) is 0 Å². The zero-order chi connectivity index (χ0) is 17.9. The Hall–Kier alpha value is -2.02. The van der Waals surface area contributed by atoms with Gasteiger partial charge in [-0.2, -0.15) is 0 Å². The number of aryl methyl sites for hydroxylation is 1. The third-order valence-corrected chi connectivity index (χ3v) is 4.19. The molecular formula is C17H24N2O4S. The molecule has 6 nitrogen and oxygen atoms in total. The third kappa shape index (κ3) is 8.57. The zero-order valence-corrected chi connectivity index (χ0v) is 15.1. The average Bonchev–Trinajstić information content (AvgIpc) is 2.54. The minimum absolute atomic E-state index is 0.0291. The molecule has 2 N–H and O–H groups in total. The first kappa shape index (κ1) is 20.0. The van der Waals surface area contributed by atoms with Crippen molar-refractivity contribution in [1.82, 2.24) is 10.6 Å². The molecule has 0 saturated heterocycles. The molecule has 0 radical (unpaired) electrons. The fourth-order valence-corrected chi connectivity index (χ4v) is 2.43. The molecule has 3 amide bonds. The maximum absolute atomic E-state index is 11.6. The van der Waals surface area contributed by atoms with E-state index in [-0.39, 0.29) is 11.8 Å². The molecular weight excluding hydrogens is 328 g/mol. The molecule has 1 aromatic rings. The summed E-state index contributed by atoms with van der Waals surface area (Å²) in [5.74, 6) is -0.281. The Bertz CT molecular complexity index is 560. The summed E-state index contributed by atoms with van der Waals surface area (Å²) in [6.07, 6.45) is 0.759. The molecule has 1 rings (SSSR count). The summed E-state index contributed by atoms with van der Waals surface area (Å²) in [5, 5.41) is 4.70. The predicted molar refractivity (Wildman–Crippen MR) is 94.7 cm³/mol. The molecule has 1 atom stereocenters. The van der Waals surface area contributed by atoms with E-state index in [4.69, 9.17) is 4.74 Å². The molecule has 24 heavy (non-hydrogen) atoms. The average molecular weight is 352 g/mol. The summed E-state index contributed by atoms with van der Waals surface area (Å²) in [7, 11) is 0. The second-order valence-electron chi connectivity index (χ2n) is 5.47. The van der Waals surface area contributed by atoms with E-state index in [0.717, 1.165) is 12.0 Å². The van der Waals surface area contributed by atoms with E-state index in [1.165, 1.54) is 17.3 Å². The lowest BCUT2D eigenvalue weighted by atomic mass is 10.2. The van der Waals surface area contributed by atoms with E-state index >= 15 is 0 Å². The van der Waals surface area contributed by atoms with Gasteiger partial charge in [-0.05, 0) is 25.8 Å². The van der Waals surface area contributed by atoms with Crippen molar-refractivity contribution in [2.45, 2.75) is 39.0 Å². The van der Waals surface area contributed by atoms with Crippen LogP contribution in [0.4, 0.5) is 4.79 Å². The molecule has 0 aliphatic carbocycles. The minimum Gasteiger partial charge on any atom is -0.455 e. The van der Waals surface area contributed by atoms with E-state index < -0.39 is 24.5 Å². The van der Waals surface area contributed by atoms with Crippen LogP contribution in [0.3, 0.4) is 0 Å². The second kappa shape index (κ2) is 10.7. The first-order chi connectivity index (χ1) is 11.4. The van der Waals surface area contributed by atoms with Gasteiger partial charge in [-0.1, -0.05) is 36.8 Å². The number of hydrogen-bond acceptors (Lipinski definition) is 5. The molecule has 0 saturated carbocycles. The van der Waals surface area contributed by atoms with Crippen LogP contribution >= 0.6 is 11.8 Å². The van der Waals surface area contributed by atoms with Crippen molar-refractivity contribution in [1.29, 1.82) is 0 Å². The quantitative estimate of drug-likeness (QED) is 0.702. The summed E-state index contributed by atoms with van der Waals surface area (Å²) in [6.45, 7) is 5.30. The highest BCUT2D eigenvalue weighted by Gasteiger charge is 2.12. The van der Waals surface area contributed by atoms with E-state index in [9.17, 15) is 14.4 Å². The van der Waals surface area contributed by atoms with Gasteiger partial charge in [0.25, 0.3) is 5.91 Å². The van der Waals surface area contributed by atoms with E-state index in [2.05, 4.69) is 10.6 Å². The Morgan fingerprint density at radius 2 is 1.88 bits per heavy atom. The number of imide groups is 1. The fraction of sp³-hybridized carbons (Fsp3) is 0.471. The second-order valence-corrected chi connectivity index (χ2v) is 6.46. The molecule has 7 heteroatoms. The van der Waals surface area contributed by atoms with E-state index in [1.807, 2.05) is 45.0 Å². The number of rotatable bonds is 8. The molecule has 0 aromatic heterocycles. The summed E-state index contributed by atoms with van der Waals surface area (Å²) in [4.78, 5) is 34.5. The monoisotopic (exact) mass is 352 g/mol. The van der Waals surface area contributed by atoms with Crippen LogP contribution in [0.15, 0.2) is 24.3 Å². The van der Waals surface area contributed by atoms with Crippen molar-refractivity contribution >= 4 is 29.7 Å². The Labute approximate surface area is 146 Å². The maximum Gasteiger partial charge on any atom is 0.321 e. The number of ether oxygens (including phenoxy) is 1. The summed E-state index contributed by atoms with van der Waals surface area (Å²) in [5.41, 5.74) is 2.31. The van der Waals surface area contributed by atoms with Gasteiger partial charge in [0.05, 0.1) is 5.75 Å². The van der Waals surface area contributed by atoms with Crippen LogP contribution in [0, 0.1) is 6.92 Å². The predicted octanol–water partition coefficient (Wildman–Crippen LogP) is 2.40. The van der Waals surface area contributed by atoms with Crippen LogP contribution in [-0.2, 0) is 20.1 Å². The number of carbonyl (C=O) groups is 3. The Morgan fingerprint density at radius 3 is 2.50 bits per heavy atom. The van der Waals surface area contributed by atoms with Crippen LogP contribution in [0.2, 0.25) is 0 Å². The number of nitrogens with one attached hydrogen (secondary N) is 2. The van der Waals surface area contributed by atoms with E-state index in [0.29, 0.717) is 5.75 Å². The van der Waals surface area contributed by atoms with Crippen molar-refractivity contribution in [3.05, 3.63) is 35.4 Å². The highest BCUT2D eigenvalue weighted by molar-refractivity contribution is 7.99. The molecule has 0 unspecified atom stereocenters. The Balaban J connectivity index is 2.17. The number of esters is 1. The van der Waals surface area contributed by atoms with Gasteiger partial charge in [-0.3, -0.25) is 14.9 Å². The lowest BCUT2D eigenvalue weighted by Gasteiger charge is -2.11. The first-order valence-electron chi connectivity index (χ1n) is 7.80. The number of carbonyl (C=O) groups excluding carboxylic acids is 3. The van der Waals surface area contributed by atoms with Gasteiger partial charge in [0.15, 0.2) is 6.61 Å². The first-order valence-corrected chi connectivity index (χ1v) is 8.95. The molecule has 0 spiro atoms. The third-order valence-electron chi connectivity index (χ3n) is 3.22. The van der Waals surface area contributed by atoms with Crippen LogP contribution in [0.5, 0.6) is 0 Å². The molecule has 0 aliphatic rings. The van der Waals surface area contributed by atoms with Gasteiger partial charge < -0.3 is 10.1 Å². The van der Waals surface area contributed by atoms with Crippen molar-refractivity contribution in [2.75, 3.05) is 12.4 Å². The molecule has 1 aromatic carbocycles. The largest absolute Gasteiger partial charge is 0.455 e. The van der Waals surface area contributed by atoms with Crippen molar-refractivity contribution in [3.63, 3.8) is 0 Å². The SMILES string of the molecule is CC[C@@H](C)NC(=O)NC(=O)COC(=O)CSCc1ccc(C)cc1. The topological polar surface area (TPSA) is 84.5 Å². The smallest absolute Gasteiger partial charge is 0.321 e. The number of hydrogen-bond donors (Lipinski definition) is 2. The van der Waals surface area contributed by atoms with Gasteiger partial charge in [-0.25, -0.2) is 4.79 Å². The van der Waals surface area contributed by atoms with Gasteiger partial charge >= 0.3 is 12.0 Å². The lowest BCUT2D eigenvalue weighted by molar-refractivity contribution is -0.145. The minimum atomic E-state index is -0.646. The van der Waals surface area contributed by atoms with Gasteiger partial charge in [0.2, 0.25) is 0 Å². The standard InChI is InChI=1S/C17H24N2O4S/c1-4-13(3)18-17(22)19-15(20)9-23-16(21)11-24-10-14-7-5-12(2)6-8-14/h5-8,13H,4,9-11H2,1-3H3,(H2,18,19,20,22)/t13-/m1/s1. The van der Waals surface area contributed by atoms with E-state index in [1.54, 1.807) is 0 Å². The zero-order valence-electron chi connectivity index (χ0n) is 14.3. The summed E-state index contributed by atoms with van der Waals surface area (Å²) >= 11 is 1.41. The van der Waals surface area contributed by atoms with Crippen LogP contribution in [0.25, 0.3) is 0 Å². The number of benzene rings is 1. The number of urea groups is 1. The van der Waals surface area contributed by atoms with Crippen molar-refractivity contribution in [3.8, 4) is 0 Å². The molecule has 0 aliphatic heterocycles. The number of thioether (sulfide) groups is 1. The normalized spacial score (nSPS) is 11.5. The molecule has 0 fully saturated rings. The van der Waals surface area contributed by atoms with Crippen LogP contribution < -0.4 is 10.6 Å². The molecule has 0 heterocycles. The van der Waals surface area contributed by atoms with Crippen LogP contribution in [0.1, 0.15) is 31.4 Å².